The number of ether oxygens (including phenoxy) is 2. The Kier molecular flexibility index (Phi) is 8.09. The number of amides is 2. The van der Waals surface area contributed by atoms with E-state index in [-0.39, 0.29) is 35.6 Å². The predicted molar refractivity (Wildman–Crippen MR) is 155 cm³/mol. The summed E-state index contributed by atoms with van der Waals surface area (Å²) in [4.78, 5) is 32.6. The molecule has 3 fully saturated rings. The molecule has 3 saturated carbocycles. The first kappa shape index (κ1) is 29.4. The highest BCUT2D eigenvalue weighted by Crippen LogP contribution is 2.49. The lowest BCUT2D eigenvalue weighted by Crippen LogP contribution is -2.50. The zero-order valence-electron chi connectivity index (χ0n) is 25.4. The molecule has 0 bridgehead atoms. The molecule has 1 aromatic heterocycles. The Morgan fingerprint density at radius 3 is 2.24 bits per heavy atom. The van der Waals surface area contributed by atoms with Crippen LogP contribution in [-0.4, -0.2) is 57.1 Å². The number of benzene rings is 1. The van der Waals surface area contributed by atoms with Crippen molar-refractivity contribution in [3.05, 3.63) is 47.6 Å². The second-order valence-corrected chi connectivity index (χ2v) is 14.2. The highest BCUT2D eigenvalue weighted by molar-refractivity contribution is 5.70. The molecule has 0 saturated heterocycles. The van der Waals surface area contributed by atoms with Gasteiger partial charge in [0.1, 0.15) is 11.2 Å². The molecule has 1 heterocycles. The van der Waals surface area contributed by atoms with E-state index in [9.17, 15) is 9.59 Å². The molecule has 0 unspecified atom stereocenters. The minimum Gasteiger partial charge on any atom is -0.444 e. The third-order valence-electron chi connectivity index (χ3n) is 8.51. The van der Waals surface area contributed by atoms with Gasteiger partial charge in [0.05, 0.1) is 5.41 Å². The molecule has 0 spiro atoms. The molecule has 0 aliphatic heterocycles. The van der Waals surface area contributed by atoms with Gasteiger partial charge >= 0.3 is 12.2 Å². The topological polar surface area (TPSA) is 107 Å². The van der Waals surface area contributed by atoms with Crippen molar-refractivity contribution < 1.29 is 23.6 Å². The summed E-state index contributed by atoms with van der Waals surface area (Å²) in [6.07, 6.45) is 6.58. The fourth-order valence-corrected chi connectivity index (χ4v) is 6.18. The number of nitrogens with zero attached hydrogens (tertiary/aromatic N) is 3. The van der Waals surface area contributed by atoms with Crippen LogP contribution in [0.1, 0.15) is 122 Å². The summed E-state index contributed by atoms with van der Waals surface area (Å²) in [5.41, 5.74) is -0.152. The average Bonchev–Trinajstić information content (AvgIpc) is 3.49. The first-order chi connectivity index (χ1) is 19.3. The van der Waals surface area contributed by atoms with Gasteiger partial charge in [-0.25, -0.2) is 9.59 Å². The smallest absolute Gasteiger partial charge is 0.410 e. The lowest BCUT2D eigenvalue weighted by atomic mass is 9.67. The summed E-state index contributed by atoms with van der Waals surface area (Å²) in [6, 6.07) is 10.6. The lowest BCUT2D eigenvalue weighted by molar-refractivity contribution is 0.0123. The summed E-state index contributed by atoms with van der Waals surface area (Å²) in [5, 5.41) is 7.48. The van der Waals surface area contributed by atoms with E-state index in [4.69, 9.17) is 19.0 Å². The molecule has 2 atom stereocenters. The Balaban J connectivity index is 1.25. The molecule has 9 nitrogen and oxygen atoms in total. The Morgan fingerprint density at radius 2 is 1.66 bits per heavy atom. The van der Waals surface area contributed by atoms with Crippen molar-refractivity contribution in [2.24, 2.45) is 0 Å². The largest absolute Gasteiger partial charge is 0.444 e. The van der Waals surface area contributed by atoms with Crippen LogP contribution in [0.4, 0.5) is 9.59 Å². The summed E-state index contributed by atoms with van der Waals surface area (Å²) in [5.74, 6) is 1.85. The number of carbonyl (C=O) groups excluding carboxylic acids is 2. The van der Waals surface area contributed by atoms with Crippen LogP contribution in [0.3, 0.4) is 0 Å². The van der Waals surface area contributed by atoms with E-state index in [0.717, 1.165) is 51.4 Å². The van der Waals surface area contributed by atoms with Gasteiger partial charge in [0.25, 0.3) is 0 Å². The summed E-state index contributed by atoms with van der Waals surface area (Å²) in [7, 11) is 0. The SMILES string of the molecule is CC(C)(C)OC(=O)N[C@H]1CC[C@H](c2nc(C3(CN(C(=O)OC(C)(C)C)[C@@H]4C[C@H]4c4ccccc4)CCC3)no2)CC1. The van der Waals surface area contributed by atoms with Crippen LogP contribution in [0.15, 0.2) is 34.9 Å². The van der Waals surface area contributed by atoms with Gasteiger partial charge < -0.3 is 24.2 Å². The standard InChI is InChI=1S/C32H46N4O5/c1-30(2,3)39-28(37)33-23-15-13-22(14-16-23)26-34-27(35-41-26)32(17-10-18-32)20-36(29(38)40-31(4,5)6)25-19-24(25)21-11-8-7-9-12-21/h7-9,11-12,22-25H,10,13-20H2,1-6H3,(H,33,37)/t22-,23-,24-,25+/m0/s1. The molecular formula is C32H46N4O5. The molecule has 1 N–H and O–H groups in total. The highest BCUT2D eigenvalue weighted by atomic mass is 16.6. The number of aromatic nitrogens is 2. The van der Waals surface area contributed by atoms with Crippen LogP contribution in [-0.2, 0) is 14.9 Å². The van der Waals surface area contributed by atoms with Gasteiger partial charge in [-0.2, -0.15) is 4.98 Å². The van der Waals surface area contributed by atoms with Crippen molar-refractivity contribution in [3.63, 3.8) is 0 Å². The van der Waals surface area contributed by atoms with E-state index < -0.39 is 11.2 Å². The van der Waals surface area contributed by atoms with E-state index in [0.29, 0.717) is 24.2 Å². The first-order valence-corrected chi connectivity index (χ1v) is 15.2. The maximum Gasteiger partial charge on any atom is 0.410 e. The minimum atomic E-state index is -0.574. The zero-order valence-corrected chi connectivity index (χ0v) is 25.4. The molecule has 224 valence electrons. The molecule has 3 aliphatic carbocycles. The second kappa shape index (κ2) is 11.3. The van der Waals surface area contributed by atoms with Crippen molar-refractivity contribution in [3.8, 4) is 0 Å². The number of hydrogen-bond acceptors (Lipinski definition) is 7. The molecule has 3 aliphatic rings. The monoisotopic (exact) mass is 566 g/mol. The maximum absolute atomic E-state index is 13.5. The number of carbonyl (C=O) groups is 2. The highest BCUT2D eigenvalue weighted by Gasteiger charge is 2.52. The van der Waals surface area contributed by atoms with E-state index in [1.807, 2.05) is 52.5 Å². The van der Waals surface area contributed by atoms with E-state index in [1.54, 1.807) is 0 Å². The molecule has 41 heavy (non-hydrogen) atoms. The fourth-order valence-electron chi connectivity index (χ4n) is 6.18. The number of alkyl carbamates (subject to hydrolysis) is 1. The van der Waals surface area contributed by atoms with Crippen LogP contribution in [0.5, 0.6) is 0 Å². The van der Waals surface area contributed by atoms with Crippen LogP contribution in [0.2, 0.25) is 0 Å². The van der Waals surface area contributed by atoms with Gasteiger partial charge in [-0.3, -0.25) is 0 Å². The van der Waals surface area contributed by atoms with Crippen molar-refractivity contribution in [1.82, 2.24) is 20.4 Å². The quantitative estimate of drug-likeness (QED) is 0.391. The minimum absolute atomic E-state index is 0.0833. The molecular weight excluding hydrogens is 520 g/mol. The van der Waals surface area contributed by atoms with Crippen molar-refractivity contribution in [2.75, 3.05) is 6.54 Å². The van der Waals surface area contributed by atoms with Gasteiger partial charge in [0, 0.05) is 30.5 Å². The van der Waals surface area contributed by atoms with Crippen LogP contribution < -0.4 is 5.32 Å². The van der Waals surface area contributed by atoms with Crippen LogP contribution in [0.25, 0.3) is 0 Å². The van der Waals surface area contributed by atoms with Crippen LogP contribution >= 0.6 is 0 Å². The summed E-state index contributed by atoms with van der Waals surface area (Å²) < 4.78 is 17.1. The van der Waals surface area contributed by atoms with E-state index in [2.05, 4.69) is 34.7 Å². The van der Waals surface area contributed by atoms with Crippen LogP contribution in [0, 0.1) is 0 Å². The number of nitrogens with one attached hydrogen (secondary N) is 1. The third-order valence-corrected chi connectivity index (χ3v) is 8.51. The Morgan fingerprint density at radius 1 is 1.00 bits per heavy atom. The van der Waals surface area contributed by atoms with Gasteiger partial charge in [-0.15, -0.1) is 0 Å². The third kappa shape index (κ3) is 7.22. The second-order valence-electron chi connectivity index (χ2n) is 14.2. The molecule has 5 rings (SSSR count). The Hall–Kier alpha value is -3.10. The summed E-state index contributed by atoms with van der Waals surface area (Å²) in [6.45, 7) is 11.9. The fraction of sp³-hybridized carbons (Fsp3) is 0.688. The molecule has 2 aromatic rings. The summed E-state index contributed by atoms with van der Waals surface area (Å²) >= 11 is 0. The molecule has 1 aromatic carbocycles. The number of rotatable bonds is 7. The Labute approximate surface area is 243 Å². The van der Waals surface area contributed by atoms with Crippen molar-refractivity contribution in [2.45, 2.75) is 133 Å². The first-order valence-electron chi connectivity index (χ1n) is 15.2. The normalized spacial score (nSPS) is 25.5. The molecule has 9 heteroatoms. The zero-order chi connectivity index (χ0) is 29.4. The maximum atomic E-state index is 13.5. The van der Waals surface area contributed by atoms with E-state index >= 15 is 0 Å². The van der Waals surface area contributed by atoms with Gasteiger partial charge in [0.2, 0.25) is 5.89 Å². The van der Waals surface area contributed by atoms with Gasteiger partial charge in [-0.05, 0) is 92.1 Å². The van der Waals surface area contributed by atoms with Gasteiger partial charge in [-0.1, -0.05) is 41.9 Å². The van der Waals surface area contributed by atoms with E-state index in [1.165, 1.54) is 5.56 Å². The van der Waals surface area contributed by atoms with Gasteiger partial charge in [0.15, 0.2) is 5.82 Å². The molecule has 2 amide bonds. The average molecular weight is 567 g/mol. The Bertz CT molecular complexity index is 1200. The predicted octanol–water partition coefficient (Wildman–Crippen LogP) is 6.84. The van der Waals surface area contributed by atoms with Crippen molar-refractivity contribution >= 4 is 12.2 Å². The number of hydrogen-bond donors (Lipinski definition) is 1. The molecule has 0 radical (unpaired) electrons. The van der Waals surface area contributed by atoms with Crippen molar-refractivity contribution in [1.29, 1.82) is 0 Å². The lowest BCUT2D eigenvalue weighted by Gasteiger charge is -2.43.